The van der Waals surface area contributed by atoms with Gasteiger partial charge in [0, 0.05) is 44.2 Å². The third-order valence-corrected chi connectivity index (χ3v) is 5.43. The number of fused-ring (bicyclic) bond motifs is 4. The van der Waals surface area contributed by atoms with Gasteiger partial charge in [0.1, 0.15) is 0 Å². The molecule has 2 amide bonds. The van der Waals surface area contributed by atoms with Crippen molar-refractivity contribution in [3.05, 3.63) is 34.9 Å². The van der Waals surface area contributed by atoms with Crippen molar-refractivity contribution in [2.75, 3.05) is 33.4 Å². The molecule has 0 N–H and O–H groups in total. The molecule has 1 aromatic rings. The van der Waals surface area contributed by atoms with Gasteiger partial charge in [0.25, 0.3) is 0 Å². The second-order valence-electron chi connectivity index (χ2n) is 6.88. The number of halogens is 1. The molecule has 3 heterocycles. The zero-order valence-electron chi connectivity index (χ0n) is 14.6. The van der Waals surface area contributed by atoms with Crippen molar-refractivity contribution in [2.45, 2.75) is 31.7 Å². The summed E-state index contributed by atoms with van der Waals surface area (Å²) in [5, 5.41) is 0.692. The second kappa shape index (κ2) is 8.19. The summed E-state index contributed by atoms with van der Waals surface area (Å²) in [5.74, 6) is 0.238. The van der Waals surface area contributed by atoms with Crippen molar-refractivity contribution in [2.24, 2.45) is 5.92 Å². The van der Waals surface area contributed by atoms with Crippen LogP contribution in [0.15, 0.2) is 24.3 Å². The SMILES string of the molecule is COCCN1C(=O)[C@@H]2CC[C@H]1CN(C(=O)CCc1cccc(Cl)c1)C2. The molecule has 3 aliphatic rings. The third-order valence-electron chi connectivity index (χ3n) is 5.20. The first-order valence-electron chi connectivity index (χ1n) is 8.90. The zero-order valence-corrected chi connectivity index (χ0v) is 15.4. The molecule has 2 atom stereocenters. The lowest BCUT2D eigenvalue weighted by Crippen LogP contribution is -2.49. The summed E-state index contributed by atoms with van der Waals surface area (Å²) in [6, 6.07) is 7.75. The summed E-state index contributed by atoms with van der Waals surface area (Å²) in [4.78, 5) is 29.1. The van der Waals surface area contributed by atoms with Gasteiger partial charge < -0.3 is 14.5 Å². The van der Waals surface area contributed by atoms with E-state index in [0.717, 1.165) is 18.4 Å². The molecular weight excluding hydrogens is 340 g/mol. The molecule has 5 nitrogen and oxygen atoms in total. The Kier molecular flexibility index (Phi) is 5.97. The van der Waals surface area contributed by atoms with Crippen LogP contribution in [0.2, 0.25) is 5.02 Å². The van der Waals surface area contributed by atoms with Gasteiger partial charge in [0.05, 0.1) is 12.5 Å². The first kappa shape index (κ1) is 18.2. The van der Waals surface area contributed by atoms with E-state index in [9.17, 15) is 9.59 Å². The van der Waals surface area contributed by atoms with Crippen molar-refractivity contribution in [1.29, 1.82) is 0 Å². The number of carbonyl (C=O) groups excluding carboxylic acids is 2. The first-order valence-corrected chi connectivity index (χ1v) is 9.28. The van der Waals surface area contributed by atoms with E-state index in [-0.39, 0.29) is 23.8 Å². The number of hydrogen-bond acceptors (Lipinski definition) is 3. The van der Waals surface area contributed by atoms with Crippen molar-refractivity contribution < 1.29 is 14.3 Å². The smallest absolute Gasteiger partial charge is 0.227 e. The molecule has 0 aliphatic carbocycles. The standard InChI is InChI=1S/C19H25ClN2O3/c1-25-10-9-22-17-7-6-15(19(22)24)12-21(13-17)18(23)8-5-14-3-2-4-16(20)11-14/h2-4,11,15,17H,5-10,12-13H2,1H3/t15-,17+/m1/s1. The minimum Gasteiger partial charge on any atom is -0.383 e. The average Bonchev–Trinajstić information content (AvgIpc) is 2.89. The fraction of sp³-hybridized carbons (Fsp3) is 0.579. The second-order valence-corrected chi connectivity index (χ2v) is 7.32. The lowest BCUT2D eigenvalue weighted by Gasteiger charge is -2.35. The number of rotatable bonds is 6. The van der Waals surface area contributed by atoms with Crippen molar-refractivity contribution in [1.82, 2.24) is 9.80 Å². The van der Waals surface area contributed by atoms with Crippen molar-refractivity contribution in [3.8, 4) is 0 Å². The molecule has 0 aromatic heterocycles. The van der Waals surface area contributed by atoms with Gasteiger partial charge >= 0.3 is 0 Å². The van der Waals surface area contributed by atoms with E-state index in [1.54, 1.807) is 7.11 Å². The van der Waals surface area contributed by atoms with Crippen molar-refractivity contribution in [3.63, 3.8) is 0 Å². The Labute approximate surface area is 153 Å². The maximum absolute atomic E-state index is 12.7. The van der Waals surface area contributed by atoms with Crippen LogP contribution in [-0.4, -0.2) is 61.0 Å². The summed E-state index contributed by atoms with van der Waals surface area (Å²) in [5.41, 5.74) is 1.07. The molecular formula is C19H25ClN2O3. The van der Waals surface area contributed by atoms with E-state index in [4.69, 9.17) is 16.3 Å². The largest absolute Gasteiger partial charge is 0.383 e. The Morgan fingerprint density at radius 1 is 1.32 bits per heavy atom. The maximum atomic E-state index is 12.7. The van der Waals surface area contributed by atoms with Gasteiger partial charge in [-0.15, -0.1) is 0 Å². The lowest BCUT2D eigenvalue weighted by molar-refractivity contribution is -0.140. The van der Waals surface area contributed by atoms with Gasteiger partial charge in [0.15, 0.2) is 0 Å². The topological polar surface area (TPSA) is 49.9 Å². The molecule has 0 radical (unpaired) electrons. The van der Waals surface area contributed by atoms with E-state index in [1.165, 1.54) is 0 Å². The predicted octanol–water partition coefficient (Wildman–Crippen LogP) is 2.37. The highest BCUT2D eigenvalue weighted by molar-refractivity contribution is 6.30. The Balaban J connectivity index is 1.61. The number of aryl methyl sites for hydroxylation is 1. The van der Waals surface area contributed by atoms with E-state index < -0.39 is 0 Å². The summed E-state index contributed by atoms with van der Waals surface area (Å²) in [6.07, 6.45) is 2.97. The van der Waals surface area contributed by atoms with Crippen LogP contribution >= 0.6 is 11.6 Å². The number of piperidine rings is 1. The average molecular weight is 365 g/mol. The lowest BCUT2D eigenvalue weighted by atomic mass is 9.94. The van der Waals surface area contributed by atoms with E-state index in [1.807, 2.05) is 34.1 Å². The molecule has 2 bridgehead atoms. The maximum Gasteiger partial charge on any atom is 0.227 e. The first-order chi connectivity index (χ1) is 12.1. The van der Waals surface area contributed by atoms with Crippen LogP contribution in [-0.2, 0) is 20.7 Å². The minimum atomic E-state index is -0.0641. The summed E-state index contributed by atoms with van der Waals surface area (Å²) in [6.45, 7) is 2.34. The van der Waals surface area contributed by atoms with Crippen LogP contribution in [0.3, 0.4) is 0 Å². The minimum absolute atomic E-state index is 0.0641. The zero-order chi connectivity index (χ0) is 17.8. The van der Waals surface area contributed by atoms with Crippen LogP contribution in [0.5, 0.6) is 0 Å². The predicted molar refractivity (Wildman–Crippen MR) is 96.5 cm³/mol. The van der Waals surface area contributed by atoms with Gasteiger partial charge in [0.2, 0.25) is 11.8 Å². The van der Waals surface area contributed by atoms with Crippen molar-refractivity contribution >= 4 is 23.4 Å². The molecule has 1 aromatic carbocycles. The number of ether oxygens (including phenoxy) is 1. The monoisotopic (exact) mass is 364 g/mol. The molecule has 0 unspecified atom stereocenters. The molecule has 3 fully saturated rings. The number of methoxy groups -OCH3 is 1. The molecule has 0 spiro atoms. The molecule has 0 saturated carbocycles. The highest BCUT2D eigenvalue weighted by atomic mass is 35.5. The van der Waals surface area contributed by atoms with E-state index in [2.05, 4.69) is 0 Å². The Hall–Kier alpha value is -1.59. The fourth-order valence-corrected chi connectivity index (χ4v) is 4.04. The van der Waals surface area contributed by atoms with Gasteiger partial charge in [-0.1, -0.05) is 23.7 Å². The summed E-state index contributed by atoms with van der Waals surface area (Å²) >= 11 is 6.00. The Morgan fingerprint density at radius 3 is 2.92 bits per heavy atom. The Bertz CT molecular complexity index is 637. The number of carbonyl (C=O) groups is 2. The number of nitrogens with zero attached hydrogens (tertiary/aromatic N) is 2. The van der Waals surface area contributed by atoms with Crippen LogP contribution in [0.25, 0.3) is 0 Å². The molecule has 136 valence electrons. The quantitative estimate of drug-likeness (QED) is 0.778. The molecule has 25 heavy (non-hydrogen) atoms. The molecule has 3 aliphatic heterocycles. The van der Waals surface area contributed by atoms with Crippen LogP contribution in [0.1, 0.15) is 24.8 Å². The van der Waals surface area contributed by atoms with E-state index in [0.29, 0.717) is 44.1 Å². The van der Waals surface area contributed by atoms with Gasteiger partial charge in [-0.2, -0.15) is 0 Å². The fourth-order valence-electron chi connectivity index (χ4n) is 3.83. The normalized spacial score (nSPS) is 23.0. The highest BCUT2D eigenvalue weighted by Gasteiger charge is 2.41. The number of amides is 2. The Morgan fingerprint density at radius 2 is 2.16 bits per heavy atom. The highest BCUT2D eigenvalue weighted by Crippen LogP contribution is 2.29. The number of hydrogen-bond donors (Lipinski definition) is 0. The van der Waals surface area contributed by atoms with E-state index >= 15 is 0 Å². The van der Waals surface area contributed by atoms with Crippen LogP contribution < -0.4 is 0 Å². The van der Waals surface area contributed by atoms with Gasteiger partial charge in [-0.3, -0.25) is 9.59 Å². The summed E-state index contributed by atoms with van der Waals surface area (Å²) < 4.78 is 5.13. The van der Waals surface area contributed by atoms with Crippen LogP contribution in [0, 0.1) is 5.92 Å². The summed E-state index contributed by atoms with van der Waals surface area (Å²) in [7, 11) is 1.65. The molecule has 3 saturated heterocycles. The van der Waals surface area contributed by atoms with Gasteiger partial charge in [-0.05, 0) is 37.0 Å². The molecule has 4 rings (SSSR count). The third kappa shape index (κ3) is 4.33. The number of benzene rings is 1. The van der Waals surface area contributed by atoms with Crippen LogP contribution in [0.4, 0.5) is 0 Å². The molecule has 6 heteroatoms. The van der Waals surface area contributed by atoms with Gasteiger partial charge in [-0.25, -0.2) is 0 Å².